The topological polar surface area (TPSA) is 73.3 Å². The molecule has 2 aromatic carbocycles. The molecule has 1 atom stereocenters. The van der Waals surface area contributed by atoms with Gasteiger partial charge in [-0.2, -0.15) is 0 Å². The van der Waals surface area contributed by atoms with Gasteiger partial charge in [0.15, 0.2) is 11.1 Å². The second-order valence-corrected chi connectivity index (χ2v) is 6.80. The minimum Gasteiger partial charge on any atom is -0.486 e. The van der Waals surface area contributed by atoms with E-state index >= 15 is 0 Å². The summed E-state index contributed by atoms with van der Waals surface area (Å²) in [6, 6.07) is 16.2. The van der Waals surface area contributed by atoms with Gasteiger partial charge in [-0.3, -0.25) is 10.1 Å². The van der Waals surface area contributed by atoms with Crippen LogP contribution in [0, 0.1) is 0 Å². The molecule has 1 unspecified atom stereocenters. The molecule has 0 radical (unpaired) electrons. The molecule has 0 aliphatic rings. The number of rotatable bonds is 7. The number of hydrogen-bond acceptors (Lipinski definition) is 6. The SMILES string of the molecule is CC(Oc1ccccc1)C(=O)Nc1nnc(COc2ccc(Cl)cc2)s1. The van der Waals surface area contributed by atoms with Crippen molar-refractivity contribution in [2.45, 2.75) is 19.6 Å². The van der Waals surface area contributed by atoms with Crippen LogP contribution in [0.2, 0.25) is 5.02 Å². The lowest BCUT2D eigenvalue weighted by molar-refractivity contribution is -0.122. The first kappa shape index (κ1) is 18.2. The second-order valence-electron chi connectivity index (χ2n) is 5.31. The monoisotopic (exact) mass is 389 g/mol. The number of hydrogen-bond donors (Lipinski definition) is 1. The van der Waals surface area contributed by atoms with Crippen molar-refractivity contribution in [3.63, 3.8) is 0 Å². The average molecular weight is 390 g/mol. The Balaban J connectivity index is 1.51. The van der Waals surface area contributed by atoms with Crippen LogP contribution >= 0.6 is 22.9 Å². The van der Waals surface area contributed by atoms with Crippen molar-refractivity contribution in [1.82, 2.24) is 10.2 Å². The standard InChI is InChI=1S/C18H16ClN3O3S/c1-12(25-15-5-3-2-4-6-15)17(23)20-18-22-21-16(26-18)11-24-14-9-7-13(19)8-10-14/h2-10,12H,11H2,1H3,(H,20,22,23). The number of ether oxygens (including phenoxy) is 2. The maximum atomic E-state index is 12.2. The van der Waals surface area contributed by atoms with Gasteiger partial charge in [0.2, 0.25) is 5.13 Å². The highest BCUT2D eigenvalue weighted by atomic mass is 35.5. The van der Waals surface area contributed by atoms with Gasteiger partial charge in [0.25, 0.3) is 5.91 Å². The smallest absolute Gasteiger partial charge is 0.266 e. The van der Waals surface area contributed by atoms with Crippen LogP contribution in [0.5, 0.6) is 11.5 Å². The highest BCUT2D eigenvalue weighted by Crippen LogP contribution is 2.20. The molecule has 1 aromatic heterocycles. The summed E-state index contributed by atoms with van der Waals surface area (Å²) in [4.78, 5) is 12.2. The highest BCUT2D eigenvalue weighted by molar-refractivity contribution is 7.15. The summed E-state index contributed by atoms with van der Waals surface area (Å²) < 4.78 is 11.2. The summed E-state index contributed by atoms with van der Waals surface area (Å²) in [5, 5.41) is 12.3. The van der Waals surface area contributed by atoms with Crippen molar-refractivity contribution in [3.8, 4) is 11.5 Å². The fourth-order valence-electron chi connectivity index (χ4n) is 2.00. The summed E-state index contributed by atoms with van der Waals surface area (Å²) in [7, 11) is 0. The van der Waals surface area contributed by atoms with Gasteiger partial charge in [-0.05, 0) is 43.3 Å². The number of anilines is 1. The normalized spacial score (nSPS) is 11.6. The van der Waals surface area contributed by atoms with Crippen LogP contribution in [0.3, 0.4) is 0 Å². The number of carbonyl (C=O) groups is 1. The molecular weight excluding hydrogens is 374 g/mol. The molecule has 0 fully saturated rings. The number of aromatic nitrogens is 2. The predicted octanol–water partition coefficient (Wildman–Crippen LogP) is 4.18. The van der Waals surface area contributed by atoms with E-state index in [-0.39, 0.29) is 12.5 Å². The summed E-state index contributed by atoms with van der Waals surface area (Å²) in [5.41, 5.74) is 0. The Bertz CT molecular complexity index is 856. The van der Waals surface area contributed by atoms with E-state index < -0.39 is 6.10 Å². The number of para-hydroxylation sites is 1. The van der Waals surface area contributed by atoms with E-state index in [0.29, 0.717) is 26.7 Å². The minimum absolute atomic E-state index is 0.255. The molecule has 3 aromatic rings. The fourth-order valence-corrected chi connectivity index (χ4v) is 2.78. The van der Waals surface area contributed by atoms with Crippen LogP contribution in [0.1, 0.15) is 11.9 Å². The molecule has 1 amide bonds. The van der Waals surface area contributed by atoms with E-state index in [2.05, 4.69) is 15.5 Å². The summed E-state index contributed by atoms with van der Waals surface area (Å²) in [5.74, 6) is 1.01. The van der Waals surface area contributed by atoms with Crippen molar-refractivity contribution in [2.75, 3.05) is 5.32 Å². The van der Waals surface area contributed by atoms with Crippen molar-refractivity contribution in [1.29, 1.82) is 0 Å². The van der Waals surface area contributed by atoms with Gasteiger partial charge in [0.1, 0.15) is 18.1 Å². The number of halogens is 1. The molecule has 8 heteroatoms. The maximum Gasteiger partial charge on any atom is 0.266 e. The molecule has 6 nitrogen and oxygen atoms in total. The van der Waals surface area contributed by atoms with E-state index in [0.717, 1.165) is 0 Å². The number of benzene rings is 2. The Morgan fingerprint density at radius 3 is 2.58 bits per heavy atom. The van der Waals surface area contributed by atoms with E-state index in [9.17, 15) is 4.79 Å². The lowest BCUT2D eigenvalue weighted by Crippen LogP contribution is -2.30. The Kier molecular flexibility index (Phi) is 6.04. The molecule has 1 heterocycles. The van der Waals surface area contributed by atoms with E-state index in [4.69, 9.17) is 21.1 Å². The Hall–Kier alpha value is -2.64. The van der Waals surface area contributed by atoms with Gasteiger partial charge in [-0.25, -0.2) is 0 Å². The number of carbonyl (C=O) groups excluding carboxylic acids is 1. The number of amides is 1. The van der Waals surface area contributed by atoms with Crippen LogP contribution in [0.4, 0.5) is 5.13 Å². The van der Waals surface area contributed by atoms with Gasteiger partial charge in [0, 0.05) is 5.02 Å². The Labute approximate surface area is 159 Å². The fraction of sp³-hybridized carbons (Fsp3) is 0.167. The summed E-state index contributed by atoms with van der Waals surface area (Å²) in [6.45, 7) is 1.93. The predicted molar refractivity (Wildman–Crippen MR) is 101 cm³/mol. The lowest BCUT2D eigenvalue weighted by atomic mass is 10.3. The third-order valence-electron chi connectivity index (χ3n) is 3.30. The van der Waals surface area contributed by atoms with Crippen LogP contribution in [0.25, 0.3) is 0 Å². The molecule has 0 saturated heterocycles. The minimum atomic E-state index is -0.657. The van der Waals surface area contributed by atoms with Crippen LogP contribution in [-0.4, -0.2) is 22.2 Å². The zero-order valence-electron chi connectivity index (χ0n) is 13.9. The zero-order valence-corrected chi connectivity index (χ0v) is 15.5. The second kappa shape index (κ2) is 8.64. The molecule has 134 valence electrons. The van der Waals surface area contributed by atoms with Crippen LogP contribution < -0.4 is 14.8 Å². The first-order valence-electron chi connectivity index (χ1n) is 7.83. The third kappa shape index (κ3) is 5.18. The Morgan fingerprint density at radius 1 is 1.12 bits per heavy atom. The quantitative estimate of drug-likeness (QED) is 0.656. The molecule has 0 spiro atoms. The molecule has 1 N–H and O–H groups in total. The lowest BCUT2D eigenvalue weighted by Gasteiger charge is -2.13. The van der Waals surface area contributed by atoms with Crippen LogP contribution in [0.15, 0.2) is 54.6 Å². The molecule has 0 aliphatic carbocycles. The highest BCUT2D eigenvalue weighted by Gasteiger charge is 2.17. The van der Waals surface area contributed by atoms with Crippen molar-refractivity contribution >= 4 is 34.0 Å². The number of nitrogens with zero attached hydrogens (tertiary/aromatic N) is 2. The van der Waals surface area contributed by atoms with E-state index in [1.165, 1.54) is 11.3 Å². The summed E-state index contributed by atoms with van der Waals surface area (Å²) >= 11 is 7.08. The van der Waals surface area contributed by atoms with Crippen molar-refractivity contribution in [3.05, 3.63) is 64.6 Å². The first-order valence-corrected chi connectivity index (χ1v) is 9.03. The Morgan fingerprint density at radius 2 is 1.85 bits per heavy atom. The average Bonchev–Trinajstić information content (AvgIpc) is 3.09. The molecule has 0 saturated carbocycles. The van der Waals surface area contributed by atoms with Gasteiger partial charge < -0.3 is 9.47 Å². The zero-order chi connectivity index (χ0) is 18.4. The van der Waals surface area contributed by atoms with Gasteiger partial charge in [-0.1, -0.05) is 41.1 Å². The van der Waals surface area contributed by atoms with E-state index in [1.54, 1.807) is 43.3 Å². The summed E-state index contributed by atoms with van der Waals surface area (Å²) in [6.07, 6.45) is -0.657. The van der Waals surface area contributed by atoms with E-state index in [1.807, 2.05) is 18.2 Å². The number of nitrogens with one attached hydrogen (secondary N) is 1. The third-order valence-corrected chi connectivity index (χ3v) is 4.36. The molecular formula is C18H16ClN3O3S. The van der Waals surface area contributed by atoms with Gasteiger partial charge in [0.05, 0.1) is 0 Å². The van der Waals surface area contributed by atoms with Gasteiger partial charge in [-0.15, -0.1) is 10.2 Å². The van der Waals surface area contributed by atoms with Crippen molar-refractivity contribution in [2.24, 2.45) is 0 Å². The first-order chi connectivity index (χ1) is 12.6. The largest absolute Gasteiger partial charge is 0.486 e. The molecule has 3 rings (SSSR count). The maximum absolute atomic E-state index is 12.2. The molecule has 0 aliphatic heterocycles. The molecule has 0 bridgehead atoms. The van der Waals surface area contributed by atoms with Crippen molar-refractivity contribution < 1.29 is 14.3 Å². The van der Waals surface area contributed by atoms with Gasteiger partial charge >= 0.3 is 0 Å². The van der Waals surface area contributed by atoms with Crippen LogP contribution in [-0.2, 0) is 11.4 Å². The molecule has 26 heavy (non-hydrogen) atoms.